The zero-order valence-corrected chi connectivity index (χ0v) is 19.2. The lowest BCUT2D eigenvalue weighted by atomic mass is 10.0. The van der Waals surface area contributed by atoms with Crippen LogP contribution in [-0.2, 0) is 4.79 Å². The molecule has 0 aliphatic rings. The second-order valence-corrected chi connectivity index (χ2v) is 8.77. The highest BCUT2D eigenvalue weighted by atomic mass is 79.9. The second-order valence-electron chi connectivity index (χ2n) is 6.81. The van der Waals surface area contributed by atoms with E-state index >= 15 is 0 Å². The van der Waals surface area contributed by atoms with Gasteiger partial charge in [0, 0.05) is 6.92 Å². The van der Waals surface area contributed by atoms with E-state index in [1.807, 2.05) is 13.0 Å². The molecule has 0 aliphatic carbocycles. The molecule has 1 aromatic rings. The van der Waals surface area contributed by atoms with Crippen molar-refractivity contribution in [2.75, 3.05) is 0 Å². The van der Waals surface area contributed by atoms with E-state index in [-0.39, 0.29) is 10.6 Å². The Labute approximate surface area is 174 Å². The zero-order chi connectivity index (χ0) is 19.5. The van der Waals surface area contributed by atoms with Gasteiger partial charge in [-0.25, -0.2) is 0 Å². The molecular formula is C21H30Br2O3. The summed E-state index contributed by atoms with van der Waals surface area (Å²) in [6.45, 7) is 5.49. The van der Waals surface area contributed by atoms with Gasteiger partial charge in [0.05, 0.1) is 14.9 Å². The second kappa shape index (κ2) is 12.7. The fraction of sp³-hybridized carbons (Fsp3) is 0.619. The van der Waals surface area contributed by atoms with Crippen molar-refractivity contribution in [1.29, 1.82) is 0 Å². The standard InChI is InChI=1S/C21H30Br2O3/c1-4-5-6-7-8-9-10-11-12-18(22)20(25)17-13-15(2)14-19(23)21(17)26-16(3)24/h13-14,18H,4-12H2,1-3H3/t18-/m1/s1. The number of ether oxygens (including phenoxy) is 1. The zero-order valence-electron chi connectivity index (χ0n) is 16.1. The Morgan fingerprint density at radius 1 is 1.04 bits per heavy atom. The highest BCUT2D eigenvalue weighted by molar-refractivity contribution is 9.10. The van der Waals surface area contributed by atoms with Gasteiger partial charge in [-0.05, 0) is 47.0 Å². The highest BCUT2D eigenvalue weighted by Gasteiger charge is 2.23. The summed E-state index contributed by atoms with van der Waals surface area (Å²) in [7, 11) is 0. The van der Waals surface area contributed by atoms with Crippen LogP contribution in [0.1, 0.15) is 87.6 Å². The predicted molar refractivity (Wildman–Crippen MR) is 114 cm³/mol. The van der Waals surface area contributed by atoms with Crippen LogP contribution < -0.4 is 4.74 Å². The van der Waals surface area contributed by atoms with Crippen LogP contribution in [0.4, 0.5) is 0 Å². The summed E-state index contributed by atoms with van der Waals surface area (Å²) in [5.41, 5.74) is 1.40. The van der Waals surface area contributed by atoms with E-state index in [0.717, 1.165) is 24.8 Å². The van der Waals surface area contributed by atoms with Crippen LogP contribution in [0.3, 0.4) is 0 Å². The Morgan fingerprint density at radius 3 is 2.19 bits per heavy atom. The molecule has 0 unspecified atom stereocenters. The Balaban J connectivity index is 2.56. The quantitative estimate of drug-likeness (QED) is 0.103. The van der Waals surface area contributed by atoms with E-state index in [0.29, 0.717) is 15.8 Å². The summed E-state index contributed by atoms with van der Waals surface area (Å²) < 4.78 is 5.89. The minimum absolute atomic E-state index is 0.0337. The summed E-state index contributed by atoms with van der Waals surface area (Å²) in [4.78, 5) is 23.9. The molecule has 0 aromatic heterocycles. The number of rotatable bonds is 12. The van der Waals surface area contributed by atoms with Gasteiger partial charge in [-0.15, -0.1) is 0 Å². The van der Waals surface area contributed by atoms with Crippen LogP contribution in [0.25, 0.3) is 0 Å². The van der Waals surface area contributed by atoms with Crippen LogP contribution in [0, 0.1) is 6.92 Å². The van der Waals surface area contributed by atoms with Crippen molar-refractivity contribution in [3.05, 3.63) is 27.7 Å². The molecule has 0 saturated heterocycles. The lowest BCUT2D eigenvalue weighted by Crippen LogP contribution is -2.17. The van der Waals surface area contributed by atoms with Crippen LogP contribution in [-0.4, -0.2) is 16.6 Å². The lowest BCUT2D eigenvalue weighted by molar-refractivity contribution is -0.131. The van der Waals surface area contributed by atoms with Gasteiger partial charge in [-0.1, -0.05) is 74.2 Å². The van der Waals surface area contributed by atoms with Gasteiger partial charge < -0.3 is 4.74 Å². The smallest absolute Gasteiger partial charge is 0.308 e. The van der Waals surface area contributed by atoms with E-state index in [4.69, 9.17) is 4.74 Å². The topological polar surface area (TPSA) is 43.4 Å². The number of Topliss-reactive ketones (excluding diaryl/α,β-unsaturated/α-hetero) is 1. The van der Waals surface area contributed by atoms with Gasteiger partial charge in [0.1, 0.15) is 0 Å². The first-order chi connectivity index (χ1) is 12.4. The van der Waals surface area contributed by atoms with Gasteiger partial charge in [0.15, 0.2) is 11.5 Å². The largest absolute Gasteiger partial charge is 0.425 e. The molecule has 5 heteroatoms. The van der Waals surface area contributed by atoms with Crippen molar-refractivity contribution in [2.24, 2.45) is 0 Å². The maximum Gasteiger partial charge on any atom is 0.308 e. The van der Waals surface area contributed by atoms with Crippen LogP contribution in [0.5, 0.6) is 5.75 Å². The minimum Gasteiger partial charge on any atom is -0.425 e. The van der Waals surface area contributed by atoms with Crippen LogP contribution in [0.2, 0.25) is 0 Å². The van der Waals surface area contributed by atoms with E-state index < -0.39 is 5.97 Å². The number of aryl methyl sites for hydroxylation is 1. The number of esters is 1. The van der Waals surface area contributed by atoms with Crippen molar-refractivity contribution < 1.29 is 14.3 Å². The molecule has 0 heterocycles. The fourth-order valence-corrected chi connectivity index (χ4v) is 4.14. The number of hydrogen-bond donors (Lipinski definition) is 0. The molecule has 0 bridgehead atoms. The number of carbonyl (C=O) groups excluding carboxylic acids is 2. The Bertz CT molecular complexity index is 599. The summed E-state index contributed by atoms with van der Waals surface area (Å²) in [6, 6.07) is 3.63. The lowest BCUT2D eigenvalue weighted by Gasteiger charge is -2.14. The fourth-order valence-electron chi connectivity index (χ4n) is 2.92. The molecule has 0 aliphatic heterocycles. The molecule has 0 N–H and O–H groups in total. The van der Waals surface area contributed by atoms with Gasteiger partial charge in [-0.2, -0.15) is 0 Å². The first-order valence-electron chi connectivity index (χ1n) is 9.53. The maximum atomic E-state index is 12.8. The van der Waals surface area contributed by atoms with Crippen molar-refractivity contribution in [3.63, 3.8) is 0 Å². The van der Waals surface area contributed by atoms with E-state index in [2.05, 4.69) is 38.8 Å². The number of ketones is 1. The van der Waals surface area contributed by atoms with Gasteiger partial charge in [-0.3, -0.25) is 9.59 Å². The molecule has 26 heavy (non-hydrogen) atoms. The number of alkyl halides is 1. The van der Waals surface area contributed by atoms with E-state index in [9.17, 15) is 9.59 Å². The monoisotopic (exact) mass is 488 g/mol. The summed E-state index contributed by atoms with van der Waals surface area (Å²) >= 11 is 6.93. The first kappa shape index (κ1) is 23.4. The molecule has 0 saturated carbocycles. The number of halogens is 2. The minimum atomic E-state index is -0.433. The van der Waals surface area contributed by atoms with Gasteiger partial charge in [0.25, 0.3) is 0 Å². The van der Waals surface area contributed by atoms with Crippen LogP contribution >= 0.6 is 31.9 Å². The summed E-state index contributed by atoms with van der Waals surface area (Å²) in [6.07, 6.45) is 10.7. The maximum absolute atomic E-state index is 12.8. The average Bonchev–Trinajstić information content (AvgIpc) is 2.58. The third-order valence-electron chi connectivity index (χ3n) is 4.29. The van der Waals surface area contributed by atoms with E-state index in [1.54, 1.807) is 6.07 Å². The Kier molecular flexibility index (Phi) is 11.4. The molecule has 1 rings (SSSR count). The van der Waals surface area contributed by atoms with Crippen molar-refractivity contribution in [2.45, 2.75) is 83.4 Å². The van der Waals surface area contributed by atoms with Crippen molar-refractivity contribution >= 4 is 43.6 Å². The average molecular weight is 490 g/mol. The van der Waals surface area contributed by atoms with Crippen molar-refractivity contribution in [1.82, 2.24) is 0 Å². The molecule has 0 radical (unpaired) electrons. The molecule has 0 amide bonds. The third-order valence-corrected chi connectivity index (χ3v) is 5.76. The third kappa shape index (κ3) is 8.34. The number of unbranched alkanes of at least 4 members (excludes halogenated alkanes) is 7. The summed E-state index contributed by atoms with van der Waals surface area (Å²) in [5, 5.41) is 0. The molecule has 3 nitrogen and oxygen atoms in total. The molecule has 0 fully saturated rings. The molecule has 1 aromatic carbocycles. The van der Waals surface area contributed by atoms with Gasteiger partial charge in [0.2, 0.25) is 0 Å². The number of benzene rings is 1. The molecule has 146 valence electrons. The first-order valence-corrected chi connectivity index (χ1v) is 11.2. The van der Waals surface area contributed by atoms with E-state index in [1.165, 1.54) is 45.4 Å². The Morgan fingerprint density at radius 2 is 1.62 bits per heavy atom. The summed E-state index contributed by atoms with van der Waals surface area (Å²) in [5.74, 6) is -0.153. The van der Waals surface area contributed by atoms with Gasteiger partial charge >= 0.3 is 5.97 Å². The molecule has 0 spiro atoms. The molecular weight excluding hydrogens is 460 g/mol. The van der Waals surface area contributed by atoms with Crippen molar-refractivity contribution in [3.8, 4) is 5.75 Å². The highest BCUT2D eigenvalue weighted by Crippen LogP contribution is 2.33. The number of carbonyl (C=O) groups is 2. The molecule has 1 atom stereocenters. The number of hydrogen-bond acceptors (Lipinski definition) is 3. The Hall–Kier alpha value is -0.680. The SMILES string of the molecule is CCCCCCCCCC[C@@H](Br)C(=O)c1cc(C)cc(Br)c1OC(C)=O. The predicted octanol–water partition coefficient (Wildman–Crippen LogP) is 7.16. The normalized spacial score (nSPS) is 12.0. The van der Waals surface area contributed by atoms with Crippen LogP contribution in [0.15, 0.2) is 16.6 Å².